The zero-order valence-corrected chi connectivity index (χ0v) is 8.95. The van der Waals surface area contributed by atoms with Gasteiger partial charge in [0.05, 0.1) is 0 Å². The minimum Gasteiger partial charge on any atom is -0.207 e. The van der Waals surface area contributed by atoms with Crippen LogP contribution in [0.5, 0.6) is 0 Å². The first-order chi connectivity index (χ1) is 7.29. The SMILES string of the molecule is C=CC1CCC(c2cccc(F)c2)CC1. The Bertz CT molecular complexity index is 335. The molecule has 0 unspecified atom stereocenters. The molecule has 0 radical (unpaired) electrons. The summed E-state index contributed by atoms with van der Waals surface area (Å²) in [5.41, 5.74) is 1.16. The molecule has 2 rings (SSSR count). The Morgan fingerprint density at radius 3 is 2.53 bits per heavy atom. The monoisotopic (exact) mass is 204 g/mol. The number of allylic oxidation sites excluding steroid dienone is 1. The highest BCUT2D eigenvalue weighted by atomic mass is 19.1. The average Bonchev–Trinajstić information content (AvgIpc) is 2.29. The van der Waals surface area contributed by atoms with Gasteiger partial charge in [-0.25, -0.2) is 4.39 Å². The Balaban J connectivity index is 2.04. The first kappa shape index (κ1) is 10.4. The van der Waals surface area contributed by atoms with Crippen LogP contribution in [0.4, 0.5) is 4.39 Å². The third kappa shape index (κ3) is 2.47. The number of hydrogen-bond acceptors (Lipinski definition) is 0. The van der Waals surface area contributed by atoms with Crippen LogP contribution in [0.15, 0.2) is 36.9 Å². The Labute approximate surface area is 90.8 Å². The molecule has 0 bridgehead atoms. The first-order valence-electron chi connectivity index (χ1n) is 5.67. The molecule has 1 aliphatic carbocycles. The molecule has 1 aromatic rings. The van der Waals surface area contributed by atoms with E-state index in [9.17, 15) is 4.39 Å². The molecule has 0 nitrogen and oxygen atoms in total. The number of hydrogen-bond donors (Lipinski definition) is 0. The molecule has 15 heavy (non-hydrogen) atoms. The van der Waals surface area contributed by atoms with E-state index in [2.05, 4.69) is 12.7 Å². The van der Waals surface area contributed by atoms with Gasteiger partial charge >= 0.3 is 0 Å². The summed E-state index contributed by atoms with van der Waals surface area (Å²) in [6.45, 7) is 3.84. The number of halogens is 1. The van der Waals surface area contributed by atoms with Crippen LogP contribution in [0.3, 0.4) is 0 Å². The van der Waals surface area contributed by atoms with Crippen molar-refractivity contribution in [3.8, 4) is 0 Å². The van der Waals surface area contributed by atoms with Gasteiger partial charge in [-0.1, -0.05) is 18.2 Å². The van der Waals surface area contributed by atoms with Crippen LogP contribution in [0.25, 0.3) is 0 Å². The summed E-state index contributed by atoms with van der Waals surface area (Å²) < 4.78 is 13.0. The summed E-state index contributed by atoms with van der Waals surface area (Å²) in [4.78, 5) is 0. The van der Waals surface area contributed by atoms with E-state index in [-0.39, 0.29) is 5.82 Å². The third-order valence-corrected chi connectivity index (χ3v) is 3.43. The summed E-state index contributed by atoms with van der Waals surface area (Å²) in [6, 6.07) is 7.05. The summed E-state index contributed by atoms with van der Waals surface area (Å²) in [5, 5.41) is 0. The highest BCUT2D eigenvalue weighted by Gasteiger charge is 2.20. The lowest BCUT2D eigenvalue weighted by molar-refractivity contribution is 0.375. The van der Waals surface area contributed by atoms with Crippen molar-refractivity contribution in [2.75, 3.05) is 0 Å². The lowest BCUT2D eigenvalue weighted by atomic mass is 9.79. The molecular formula is C14H17F. The zero-order chi connectivity index (χ0) is 10.7. The molecule has 1 aromatic carbocycles. The van der Waals surface area contributed by atoms with Crippen LogP contribution < -0.4 is 0 Å². The fourth-order valence-corrected chi connectivity index (χ4v) is 2.45. The van der Waals surface area contributed by atoms with Crippen molar-refractivity contribution in [1.82, 2.24) is 0 Å². The maximum absolute atomic E-state index is 13.0. The zero-order valence-electron chi connectivity index (χ0n) is 8.95. The van der Waals surface area contributed by atoms with Crippen molar-refractivity contribution in [1.29, 1.82) is 0 Å². The molecular weight excluding hydrogens is 187 g/mol. The van der Waals surface area contributed by atoms with Crippen molar-refractivity contribution in [2.45, 2.75) is 31.6 Å². The van der Waals surface area contributed by atoms with Gasteiger partial charge in [-0.05, 0) is 55.2 Å². The van der Waals surface area contributed by atoms with E-state index in [4.69, 9.17) is 0 Å². The highest BCUT2D eigenvalue weighted by Crippen LogP contribution is 2.36. The molecule has 0 spiro atoms. The molecule has 0 amide bonds. The average molecular weight is 204 g/mol. The van der Waals surface area contributed by atoms with Crippen LogP contribution in [0.1, 0.15) is 37.2 Å². The first-order valence-corrected chi connectivity index (χ1v) is 5.67. The predicted octanol–water partition coefficient (Wildman–Crippen LogP) is 4.29. The van der Waals surface area contributed by atoms with Crippen molar-refractivity contribution in [2.24, 2.45) is 5.92 Å². The second-order valence-corrected chi connectivity index (χ2v) is 4.40. The topological polar surface area (TPSA) is 0 Å². The number of benzene rings is 1. The Morgan fingerprint density at radius 2 is 1.93 bits per heavy atom. The smallest absolute Gasteiger partial charge is 0.123 e. The summed E-state index contributed by atoms with van der Waals surface area (Å²) in [7, 11) is 0. The van der Waals surface area contributed by atoms with Gasteiger partial charge in [-0.3, -0.25) is 0 Å². The molecule has 80 valence electrons. The minimum atomic E-state index is -0.113. The normalized spacial score (nSPS) is 26.2. The van der Waals surface area contributed by atoms with Gasteiger partial charge in [0.25, 0.3) is 0 Å². The maximum Gasteiger partial charge on any atom is 0.123 e. The third-order valence-electron chi connectivity index (χ3n) is 3.43. The van der Waals surface area contributed by atoms with E-state index in [0.717, 1.165) is 5.56 Å². The van der Waals surface area contributed by atoms with Crippen LogP contribution >= 0.6 is 0 Å². The van der Waals surface area contributed by atoms with Crippen LogP contribution in [-0.2, 0) is 0 Å². The van der Waals surface area contributed by atoms with Crippen molar-refractivity contribution < 1.29 is 4.39 Å². The molecule has 0 heterocycles. The lowest BCUT2D eigenvalue weighted by Crippen LogP contribution is -2.11. The Kier molecular flexibility index (Phi) is 3.20. The predicted molar refractivity (Wildman–Crippen MR) is 61.3 cm³/mol. The van der Waals surface area contributed by atoms with Gasteiger partial charge in [-0.2, -0.15) is 0 Å². The summed E-state index contributed by atoms with van der Waals surface area (Å²) in [5.74, 6) is 1.12. The Morgan fingerprint density at radius 1 is 1.20 bits per heavy atom. The second kappa shape index (κ2) is 4.61. The van der Waals surface area contributed by atoms with Gasteiger partial charge in [0.2, 0.25) is 0 Å². The van der Waals surface area contributed by atoms with Crippen molar-refractivity contribution in [3.05, 3.63) is 48.3 Å². The standard InChI is InChI=1S/C14H17F/c1-2-11-6-8-12(9-7-11)13-4-3-5-14(15)10-13/h2-5,10-12H,1,6-9H2. The molecule has 1 fully saturated rings. The summed E-state index contributed by atoms with van der Waals surface area (Å²) >= 11 is 0. The fraction of sp³-hybridized carbons (Fsp3) is 0.429. The maximum atomic E-state index is 13.0. The molecule has 0 aromatic heterocycles. The van der Waals surface area contributed by atoms with Gasteiger partial charge < -0.3 is 0 Å². The van der Waals surface area contributed by atoms with E-state index >= 15 is 0 Å². The van der Waals surface area contributed by atoms with E-state index < -0.39 is 0 Å². The molecule has 0 N–H and O–H groups in total. The van der Waals surface area contributed by atoms with Gasteiger partial charge in [0.15, 0.2) is 0 Å². The van der Waals surface area contributed by atoms with Crippen molar-refractivity contribution in [3.63, 3.8) is 0 Å². The Hall–Kier alpha value is -1.11. The van der Waals surface area contributed by atoms with E-state index in [0.29, 0.717) is 11.8 Å². The second-order valence-electron chi connectivity index (χ2n) is 4.40. The summed E-state index contributed by atoms with van der Waals surface area (Å²) in [6.07, 6.45) is 6.79. The molecule has 0 aliphatic heterocycles. The van der Waals surface area contributed by atoms with Crippen LogP contribution in [-0.4, -0.2) is 0 Å². The largest absolute Gasteiger partial charge is 0.207 e. The molecule has 1 saturated carbocycles. The molecule has 1 heteroatoms. The lowest BCUT2D eigenvalue weighted by Gasteiger charge is -2.26. The quantitative estimate of drug-likeness (QED) is 0.630. The highest BCUT2D eigenvalue weighted by molar-refractivity contribution is 5.21. The van der Waals surface area contributed by atoms with E-state index in [1.165, 1.54) is 31.7 Å². The van der Waals surface area contributed by atoms with Crippen LogP contribution in [0, 0.1) is 11.7 Å². The van der Waals surface area contributed by atoms with Crippen LogP contribution in [0.2, 0.25) is 0 Å². The van der Waals surface area contributed by atoms with Gasteiger partial charge in [0.1, 0.15) is 5.82 Å². The molecule has 0 saturated heterocycles. The number of rotatable bonds is 2. The van der Waals surface area contributed by atoms with E-state index in [1.807, 2.05) is 12.1 Å². The van der Waals surface area contributed by atoms with Gasteiger partial charge in [0, 0.05) is 0 Å². The van der Waals surface area contributed by atoms with Crippen molar-refractivity contribution >= 4 is 0 Å². The molecule has 0 atom stereocenters. The molecule has 1 aliphatic rings. The van der Waals surface area contributed by atoms with E-state index in [1.54, 1.807) is 6.07 Å². The minimum absolute atomic E-state index is 0.113. The van der Waals surface area contributed by atoms with Gasteiger partial charge in [-0.15, -0.1) is 6.58 Å². The fourth-order valence-electron chi connectivity index (χ4n) is 2.45.